The molecule has 1 atom stereocenters. The Labute approximate surface area is 112 Å². The first-order valence-electron chi connectivity index (χ1n) is 6.02. The molecule has 0 radical (unpaired) electrons. The fourth-order valence-corrected chi connectivity index (χ4v) is 4.24. The lowest BCUT2D eigenvalue weighted by molar-refractivity contribution is 0.0723. The van der Waals surface area contributed by atoms with Gasteiger partial charge in [0, 0.05) is 18.0 Å². The monoisotopic (exact) mass is 290 g/mol. The zero-order valence-corrected chi connectivity index (χ0v) is 12.0. The van der Waals surface area contributed by atoms with Crippen molar-refractivity contribution in [2.45, 2.75) is 19.4 Å². The molecule has 18 heavy (non-hydrogen) atoms. The molecular weight excluding hydrogens is 272 g/mol. The van der Waals surface area contributed by atoms with E-state index in [0.717, 1.165) is 11.3 Å². The molecule has 1 aliphatic heterocycles. The largest absolute Gasteiger partial charge is 0.379 e. The Morgan fingerprint density at radius 1 is 1.50 bits per heavy atom. The Hall–Kier alpha value is -0.470. The smallest absolute Gasteiger partial charge is 0.280 e. The molecule has 0 unspecified atom stereocenters. The highest BCUT2D eigenvalue weighted by Crippen LogP contribution is 2.23. The summed E-state index contributed by atoms with van der Waals surface area (Å²) in [5.41, 5.74) is 0. The summed E-state index contributed by atoms with van der Waals surface area (Å²) < 4.78 is 33.8. The maximum Gasteiger partial charge on any atom is 0.280 e. The summed E-state index contributed by atoms with van der Waals surface area (Å²) in [5, 5.41) is 1.96. The van der Waals surface area contributed by atoms with Crippen LogP contribution in [0.4, 0.5) is 0 Å². The van der Waals surface area contributed by atoms with Crippen LogP contribution in [0.3, 0.4) is 0 Å². The van der Waals surface area contributed by atoms with Gasteiger partial charge in [0.2, 0.25) is 0 Å². The topological polar surface area (TPSA) is 58.6 Å². The van der Waals surface area contributed by atoms with Crippen molar-refractivity contribution in [1.29, 1.82) is 0 Å². The molecule has 0 saturated carbocycles. The van der Waals surface area contributed by atoms with Crippen molar-refractivity contribution < 1.29 is 13.2 Å². The van der Waals surface area contributed by atoms with Crippen LogP contribution < -0.4 is 4.72 Å². The van der Waals surface area contributed by atoms with Gasteiger partial charge < -0.3 is 4.74 Å². The fourth-order valence-electron chi connectivity index (χ4n) is 1.87. The molecule has 1 N–H and O–H groups in total. The SMILES string of the molecule is CC[C@@H](NS(=O)(=O)N1CCOCC1)c1cccs1. The predicted octanol–water partition coefficient (Wildman–Crippen LogP) is 1.37. The van der Waals surface area contributed by atoms with Crippen LogP contribution in [0.1, 0.15) is 24.3 Å². The van der Waals surface area contributed by atoms with E-state index in [1.807, 2.05) is 24.4 Å². The summed E-state index contributed by atoms with van der Waals surface area (Å²) in [7, 11) is -3.41. The van der Waals surface area contributed by atoms with Crippen LogP contribution in [0, 0.1) is 0 Å². The van der Waals surface area contributed by atoms with Gasteiger partial charge in [0.05, 0.1) is 19.3 Å². The van der Waals surface area contributed by atoms with Crippen molar-refractivity contribution in [1.82, 2.24) is 9.03 Å². The van der Waals surface area contributed by atoms with Crippen molar-refractivity contribution in [3.8, 4) is 0 Å². The van der Waals surface area contributed by atoms with Crippen LogP contribution in [-0.4, -0.2) is 39.0 Å². The van der Waals surface area contributed by atoms with Gasteiger partial charge in [-0.05, 0) is 17.9 Å². The van der Waals surface area contributed by atoms with Crippen molar-refractivity contribution in [2.75, 3.05) is 26.3 Å². The zero-order chi connectivity index (χ0) is 13.0. The second-order valence-electron chi connectivity index (χ2n) is 4.11. The number of hydrogen-bond donors (Lipinski definition) is 1. The van der Waals surface area contributed by atoms with Gasteiger partial charge in [-0.25, -0.2) is 0 Å². The number of nitrogens with zero attached hydrogens (tertiary/aromatic N) is 1. The van der Waals surface area contributed by atoms with E-state index in [0.29, 0.717) is 26.3 Å². The van der Waals surface area contributed by atoms with Crippen LogP contribution in [-0.2, 0) is 14.9 Å². The lowest BCUT2D eigenvalue weighted by Gasteiger charge is -2.28. The highest BCUT2D eigenvalue weighted by atomic mass is 32.2. The summed E-state index contributed by atoms with van der Waals surface area (Å²) in [6.07, 6.45) is 0.740. The van der Waals surface area contributed by atoms with Crippen LogP contribution in [0.25, 0.3) is 0 Å². The third kappa shape index (κ3) is 3.30. The molecule has 5 nitrogen and oxygen atoms in total. The van der Waals surface area contributed by atoms with Gasteiger partial charge in [-0.3, -0.25) is 0 Å². The Morgan fingerprint density at radius 3 is 2.78 bits per heavy atom. The van der Waals surface area contributed by atoms with Gasteiger partial charge in [-0.15, -0.1) is 11.3 Å². The van der Waals surface area contributed by atoms with Crippen molar-refractivity contribution >= 4 is 21.5 Å². The molecule has 2 heterocycles. The van der Waals surface area contributed by atoms with Gasteiger partial charge in [-0.1, -0.05) is 13.0 Å². The minimum atomic E-state index is -3.41. The number of thiophene rings is 1. The first-order valence-corrected chi connectivity index (χ1v) is 8.34. The lowest BCUT2D eigenvalue weighted by Crippen LogP contribution is -2.47. The average Bonchev–Trinajstić information content (AvgIpc) is 2.91. The maximum absolute atomic E-state index is 12.2. The van der Waals surface area contributed by atoms with E-state index in [4.69, 9.17) is 4.74 Å². The lowest BCUT2D eigenvalue weighted by atomic mass is 10.2. The first kappa shape index (κ1) is 14.0. The summed E-state index contributed by atoms with van der Waals surface area (Å²) in [4.78, 5) is 1.05. The van der Waals surface area contributed by atoms with E-state index in [-0.39, 0.29) is 6.04 Å². The second kappa shape index (κ2) is 6.12. The maximum atomic E-state index is 12.2. The Bertz CT molecular complexity index is 453. The van der Waals surface area contributed by atoms with Gasteiger partial charge in [0.15, 0.2) is 0 Å². The summed E-state index contributed by atoms with van der Waals surface area (Å²) >= 11 is 1.57. The van der Waals surface area contributed by atoms with E-state index >= 15 is 0 Å². The van der Waals surface area contributed by atoms with Gasteiger partial charge in [0.1, 0.15) is 0 Å². The normalized spacial score (nSPS) is 19.8. The van der Waals surface area contributed by atoms with E-state index in [2.05, 4.69) is 4.72 Å². The number of rotatable bonds is 5. The Kier molecular flexibility index (Phi) is 4.74. The molecule has 102 valence electrons. The molecule has 1 aromatic rings. The van der Waals surface area contributed by atoms with Crippen LogP contribution in [0.15, 0.2) is 17.5 Å². The molecule has 1 aliphatic rings. The Balaban J connectivity index is 2.06. The minimum absolute atomic E-state index is 0.141. The molecule has 0 aromatic carbocycles. The second-order valence-corrected chi connectivity index (χ2v) is 6.79. The predicted molar refractivity (Wildman–Crippen MR) is 71.8 cm³/mol. The highest BCUT2D eigenvalue weighted by Gasteiger charge is 2.27. The van der Waals surface area contributed by atoms with Crippen molar-refractivity contribution in [3.05, 3.63) is 22.4 Å². The number of morpholine rings is 1. The number of nitrogens with one attached hydrogen (secondary N) is 1. The third-order valence-electron chi connectivity index (χ3n) is 2.90. The van der Waals surface area contributed by atoms with Crippen molar-refractivity contribution in [3.63, 3.8) is 0 Å². The van der Waals surface area contributed by atoms with Gasteiger partial charge in [-0.2, -0.15) is 17.4 Å². The van der Waals surface area contributed by atoms with Gasteiger partial charge in [0.25, 0.3) is 10.2 Å². The molecule has 1 saturated heterocycles. The molecule has 2 rings (SSSR count). The fraction of sp³-hybridized carbons (Fsp3) is 0.636. The molecule has 1 aromatic heterocycles. The van der Waals surface area contributed by atoms with Crippen LogP contribution >= 0.6 is 11.3 Å². The minimum Gasteiger partial charge on any atom is -0.379 e. The third-order valence-corrected chi connectivity index (χ3v) is 5.51. The van der Waals surface area contributed by atoms with Crippen molar-refractivity contribution in [2.24, 2.45) is 0 Å². The van der Waals surface area contributed by atoms with Gasteiger partial charge >= 0.3 is 0 Å². The molecule has 0 spiro atoms. The molecule has 0 bridgehead atoms. The summed E-state index contributed by atoms with van der Waals surface area (Å²) in [6.45, 7) is 3.77. The van der Waals surface area contributed by atoms with E-state index in [1.165, 1.54) is 4.31 Å². The summed E-state index contributed by atoms with van der Waals surface area (Å²) in [5.74, 6) is 0. The summed E-state index contributed by atoms with van der Waals surface area (Å²) in [6, 6.07) is 3.75. The van der Waals surface area contributed by atoms with E-state index in [1.54, 1.807) is 11.3 Å². The first-order chi connectivity index (χ1) is 8.63. The van der Waals surface area contributed by atoms with E-state index < -0.39 is 10.2 Å². The quantitative estimate of drug-likeness (QED) is 0.891. The molecule has 0 amide bonds. The molecule has 7 heteroatoms. The highest BCUT2D eigenvalue weighted by molar-refractivity contribution is 7.87. The zero-order valence-electron chi connectivity index (χ0n) is 10.3. The van der Waals surface area contributed by atoms with Crippen LogP contribution in [0.2, 0.25) is 0 Å². The average molecular weight is 290 g/mol. The molecule has 0 aliphatic carbocycles. The van der Waals surface area contributed by atoms with E-state index in [9.17, 15) is 8.42 Å². The van der Waals surface area contributed by atoms with Crippen LogP contribution in [0.5, 0.6) is 0 Å². The standard InChI is InChI=1S/C11H18N2O3S2/c1-2-10(11-4-3-9-17-11)12-18(14,15)13-5-7-16-8-6-13/h3-4,9-10,12H,2,5-8H2,1H3/t10-/m1/s1. The molecule has 1 fully saturated rings. The Morgan fingerprint density at radius 2 is 2.22 bits per heavy atom. The number of hydrogen-bond acceptors (Lipinski definition) is 4. The number of ether oxygens (including phenoxy) is 1. The molecular formula is C11H18N2O3S2.